The molecular formula is C24H25FN6O4S. The number of hydrogen-bond donors (Lipinski definition) is 0. The van der Waals surface area contributed by atoms with Crippen LogP contribution >= 0.6 is 0 Å². The topological polar surface area (TPSA) is 122 Å². The lowest BCUT2D eigenvalue weighted by atomic mass is 10.2. The second kappa shape index (κ2) is 10.4. The van der Waals surface area contributed by atoms with Crippen LogP contribution in [0.5, 0.6) is 11.5 Å². The number of aryl methyl sites for hydroxylation is 1. The summed E-state index contributed by atoms with van der Waals surface area (Å²) in [4.78, 5) is 12.3. The molecule has 0 aliphatic heterocycles. The molecule has 3 heterocycles. The molecule has 3 aromatic heterocycles. The van der Waals surface area contributed by atoms with Crippen LogP contribution in [0.1, 0.15) is 24.3 Å². The Labute approximate surface area is 208 Å². The number of ether oxygens (including phenoxy) is 2. The summed E-state index contributed by atoms with van der Waals surface area (Å²) in [5.74, 6) is 0.568. The number of aromatic nitrogens is 6. The second-order valence-corrected chi connectivity index (χ2v) is 10.5. The Balaban J connectivity index is 1.81. The Morgan fingerprint density at radius 3 is 2.25 bits per heavy atom. The van der Waals surface area contributed by atoms with Gasteiger partial charge in [-0.05, 0) is 38.1 Å². The average Bonchev–Trinajstić information content (AvgIpc) is 3.27. The predicted octanol–water partition coefficient (Wildman–Crippen LogP) is 3.13. The van der Waals surface area contributed by atoms with Crippen LogP contribution in [0.4, 0.5) is 4.39 Å². The molecule has 0 spiro atoms. The zero-order chi connectivity index (χ0) is 25.9. The first-order chi connectivity index (χ1) is 17.2. The zero-order valence-corrected chi connectivity index (χ0v) is 21.0. The number of sulfone groups is 1. The van der Waals surface area contributed by atoms with E-state index in [1.165, 1.54) is 14.2 Å². The zero-order valence-electron chi connectivity index (χ0n) is 20.2. The molecule has 4 rings (SSSR count). The van der Waals surface area contributed by atoms with Crippen LogP contribution < -0.4 is 9.47 Å². The molecule has 0 saturated carbocycles. The lowest BCUT2D eigenvalue weighted by Gasteiger charge is -2.18. The Kier molecular flexibility index (Phi) is 7.25. The molecule has 36 heavy (non-hydrogen) atoms. The van der Waals surface area contributed by atoms with Gasteiger partial charge in [-0.1, -0.05) is 12.1 Å². The highest BCUT2D eigenvalue weighted by Gasteiger charge is 2.29. The molecule has 12 heteroatoms. The lowest BCUT2D eigenvalue weighted by Crippen LogP contribution is -2.24. The third kappa shape index (κ3) is 5.18. The van der Waals surface area contributed by atoms with Crippen LogP contribution in [0.25, 0.3) is 17.2 Å². The minimum absolute atomic E-state index is 0.0149. The van der Waals surface area contributed by atoms with Crippen LogP contribution in [0.2, 0.25) is 0 Å². The summed E-state index contributed by atoms with van der Waals surface area (Å²) in [6, 6.07) is 10.7. The number of para-hydroxylation sites is 1. The van der Waals surface area contributed by atoms with E-state index >= 15 is 0 Å². The van der Waals surface area contributed by atoms with Crippen LogP contribution in [-0.2, 0) is 22.0 Å². The summed E-state index contributed by atoms with van der Waals surface area (Å²) in [6.07, 6.45) is 2.03. The number of rotatable bonds is 9. The van der Waals surface area contributed by atoms with Gasteiger partial charge < -0.3 is 9.47 Å². The van der Waals surface area contributed by atoms with Crippen LogP contribution in [0.15, 0.2) is 48.8 Å². The molecule has 1 atom stereocenters. The van der Waals surface area contributed by atoms with Crippen molar-refractivity contribution in [1.82, 2.24) is 29.7 Å². The smallest absolute Gasteiger partial charge is 0.187 e. The molecule has 0 aliphatic carbocycles. The summed E-state index contributed by atoms with van der Waals surface area (Å²) >= 11 is 0. The van der Waals surface area contributed by atoms with E-state index in [-0.39, 0.29) is 18.1 Å². The number of benzene rings is 1. The number of halogens is 1. The maximum absolute atomic E-state index is 13.4. The molecule has 0 fully saturated rings. The van der Waals surface area contributed by atoms with Crippen molar-refractivity contribution in [2.45, 2.75) is 31.3 Å². The van der Waals surface area contributed by atoms with E-state index in [9.17, 15) is 12.8 Å². The highest BCUT2D eigenvalue weighted by molar-refractivity contribution is 7.91. The van der Waals surface area contributed by atoms with E-state index in [1.54, 1.807) is 35.8 Å². The Morgan fingerprint density at radius 1 is 1.00 bits per heavy atom. The van der Waals surface area contributed by atoms with E-state index < -0.39 is 26.7 Å². The van der Waals surface area contributed by atoms with Gasteiger partial charge in [0.25, 0.3) is 0 Å². The quantitative estimate of drug-likeness (QED) is 0.333. The van der Waals surface area contributed by atoms with E-state index in [4.69, 9.17) is 9.47 Å². The van der Waals surface area contributed by atoms with E-state index in [2.05, 4.69) is 25.1 Å². The van der Waals surface area contributed by atoms with Crippen molar-refractivity contribution in [3.05, 3.63) is 72.0 Å². The van der Waals surface area contributed by atoms with Crippen LogP contribution in [0.3, 0.4) is 0 Å². The normalized spacial score (nSPS) is 12.4. The molecule has 4 aromatic rings. The van der Waals surface area contributed by atoms with Gasteiger partial charge in [-0.15, -0.1) is 10.2 Å². The SMILES string of the molecule is COc1cccc(OC)c1-n1c(CS(=O)(=O)[C@H](C)Cc2ncc(F)cn2)nnc1-c1cccc(C)n1. The molecule has 0 N–H and O–H groups in total. The van der Waals surface area contributed by atoms with Gasteiger partial charge in [-0.25, -0.2) is 27.8 Å². The maximum Gasteiger partial charge on any atom is 0.187 e. The first kappa shape index (κ1) is 25.2. The number of nitrogens with zero attached hydrogens (tertiary/aromatic N) is 6. The fourth-order valence-corrected chi connectivity index (χ4v) is 4.92. The number of methoxy groups -OCH3 is 2. The fraction of sp³-hybridized carbons (Fsp3) is 0.292. The third-order valence-electron chi connectivity index (χ3n) is 5.56. The molecule has 188 valence electrons. The predicted molar refractivity (Wildman–Crippen MR) is 130 cm³/mol. The van der Waals surface area contributed by atoms with E-state index in [0.717, 1.165) is 18.1 Å². The summed E-state index contributed by atoms with van der Waals surface area (Å²) in [6.45, 7) is 3.40. The molecule has 0 amide bonds. The summed E-state index contributed by atoms with van der Waals surface area (Å²) in [5.41, 5.74) is 1.72. The van der Waals surface area contributed by atoms with Crippen LogP contribution in [-0.4, -0.2) is 57.6 Å². The Bertz CT molecular complexity index is 1450. The van der Waals surface area contributed by atoms with Gasteiger partial charge in [0.1, 0.15) is 34.5 Å². The molecule has 1 aromatic carbocycles. The molecule has 10 nitrogen and oxygen atoms in total. The van der Waals surface area contributed by atoms with Crippen molar-refractivity contribution in [3.8, 4) is 28.7 Å². The van der Waals surface area contributed by atoms with Gasteiger partial charge in [0.2, 0.25) is 0 Å². The van der Waals surface area contributed by atoms with Crippen molar-refractivity contribution in [2.24, 2.45) is 0 Å². The standard InChI is InChI=1S/C24H25FN6O4S/c1-15-7-5-8-18(28-15)24-30-29-22(31(24)23-19(34-3)9-6-10-20(23)35-4)14-36(32,33)16(2)11-21-26-12-17(25)13-27-21/h5-10,12-13,16H,11,14H2,1-4H3/t16-/m1/s1. The number of pyridine rings is 1. The monoisotopic (exact) mass is 512 g/mol. The Morgan fingerprint density at radius 2 is 1.64 bits per heavy atom. The van der Waals surface area contributed by atoms with Crippen molar-refractivity contribution < 1.29 is 22.3 Å². The second-order valence-electron chi connectivity index (χ2n) is 8.09. The highest BCUT2D eigenvalue weighted by atomic mass is 32.2. The molecule has 0 saturated heterocycles. The van der Waals surface area contributed by atoms with Gasteiger partial charge in [0, 0.05) is 12.1 Å². The van der Waals surface area contributed by atoms with E-state index in [0.29, 0.717) is 28.7 Å². The largest absolute Gasteiger partial charge is 0.494 e. The summed E-state index contributed by atoms with van der Waals surface area (Å²) in [7, 11) is -0.751. The minimum atomic E-state index is -3.77. The molecule has 0 aliphatic rings. The molecular weight excluding hydrogens is 487 g/mol. The van der Waals surface area contributed by atoms with Crippen molar-refractivity contribution in [1.29, 1.82) is 0 Å². The highest BCUT2D eigenvalue weighted by Crippen LogP contribution is 2.36. The van der Waals surface area contributed by atoms with Gasteiger partial charge in [-0.2, -0.15) is 0 Å². The third-order valence-corrected chi connectivity index (χ3v) is 7.61. The van der Waals surface area contributed by atoms with E-state index in [1.807, 2.05) is 19.1 Å². The lowest BCUT2D eigenvalue weighted by molar-refractivity contribution is 0.390. The molecule has 0 radical (unpaired) electrons. The number of hydrogen-bond acceptors (Lipinski definition) is 9. The first-order valence-electron chi connectivity index (χ1n) is 11.0. The Hall–Kier alpha value is -3.93. The van der Waals surface area contributed by atoms with Crippen molar-refractivity contribution >= 4 is 9.84 Å². The maximum atomic E-state index is 13.4. The molecule has 0 bridgehead atoms. The molecule has 0 unspecified atom stereocenters. The van der Waals surface area contributed by atoms with Gasteiger partial charge in [-0.3, -0.25) is 4.57 Å². The van der Waals surface area contributed by atoms with Crippen LogP contribution in [0, 0.1) is 12.7 Å². The van der Waals surface area contributed by atoms with Gasteiger partial charge >= 0.3 is 0 Å². The van der Waals surface area contributed by atoms with Gasteiger partial charge in [0.15, 0.2) is 27.3 Å². The minimum Gasteiger partial charge on any atom is -0.494 e. The summed E-state index contributed by atoms with van der Waals surface area (Å²) < 4.78 is 52.6. The fourth-order valence-electron chi connectivity index (χ4n) is 3.68. The first-order valence-corrected chi connectivity index (χ1v) is 12.7. The average molecular weight is 513 g/mol. The van der Waals surface area contributed by atoms with Crippen molar-refractivity contribution in [3.63, 3.8) is 0 Å². The summed E-state index contributed by atoms with van der Waals surface area (Å²) in [5, 5.41) is 7.67. The van der Waals surface area contributed by atoms with Gasteiger partial charge in [0.05, 0.1) is 31.9 Å². The van der Waals surface area contributed by atoms with Crippen molar-refractivity contribution in [2.75, 3.05) is 14.2 Å².